The lowest BCUT2D eigenvalue weighted by atomic mass is 10.1. The van der Waals surface area contributed by atoms with E-state index in [2.05, 4.69) is 11.9 Å². The molecule has 1 aromatic heterocycles. The molecule has 0 aliphatic rings. The fourth-order valence-electron chi connectivity index (χ4n) is 2.59. The van der Waals surface area contributed by atoms with Crippen molar-refractivity contribution in [2.24, 2.45) is 0 Å². The van der Waals surface area contributed by atoms with Crippen molar-refractivity contribution in [3.8, 4) is 5.88 Å². The number of hydrogen-bond donors (Lipinski definition) is 0. The van der Waals surface area contributed by atoms with Gasteiger partial charge in [-0.2, -0.15) is 0 Å². The molecule has 3 heteroatoms. The number of esters is 1. The van der Waals surface area contributed by atoms with Crippen LogP contribution in [0.3, 0.4) is 0 Å². The fourth-order valence-corrected chi connectivity index (χ4v) is 2.59. The van der Waals surface area contributed by atoms with Crippen LogP contribution in [0.2, 0.25) is 0 Å². The second kappa shape index (κ2) is 11.2. The van der Waals surface area contributed by atoms with E-state index >= 15 is 0 Å². The summed E-state index contributed by atoms with van der Waals surface area (Å²) < 4.78 is 5.23. The number of ether oxygens (including phenoxy) is 1. The van der Waals surface area contributed by atoms with E-state index in [1.165, 1.54) is 43.7 Å². The van der Waals surface area contributed by atoms with Crippen molar-refractivity contribution >= 4 is 5.97 Å². The Bertz CT molecular complexity index is 647. The van der Waals surface area contributed by atoms with Gasteiger partial charge in [0.2, 0.25) is 5.88 Å². The van der Waals surface area contributed by atoms with Crippen LogP contribution in [0.15, 0.2) is 60.8 Å². The molecule has 0 radical (unpaired) electrons. The lowest BCUT2D eigenvalue weighted by Gasteiger charge is -2.03. The van der Waals surface area contributed by atoms with E-state index in [1.54, 1.807) is 12.3 Å². The highest BCUT2D eigenvalue weighted by Crippen LogP contribution is 2.12. The van der Waals surface area contributed by atoms with Gasteiger partial charge in [-0.05, 0) is 30.4 Å². The molecule has 1 aromatic carbocycles. The first-order valence-electron chi connectivity index (χ1n) is 9.15. The summed E-state index contributed by atoms with van der Waals surface area (Å²) in [6.45, 7) is 2.22. The van der Waals surface area contributed by atoms with Crippen molar-refractivity contribution in [2.75, 3.05) is 0 Å². The van der Waals surface area contributed by atoms with Crippen molar-refractivity contribution in [3.05, 3.63) is 71.9 Å². The lowest BCUT2D eigenvalue weighted by molar-refractivity contribution is -0.129. The van der Waals surface area contributed by atoms with Crippen LogP contribution in [0.5, 0.6) is 5.88 Å². The van der Waals surface area contributed by atoms with Crippen LogP contribution in [0.25, 0.3) is 0 Å². The number of benzene rings is 1. The zero-order valence-electron chi connectivity index (χ0n) is 15.0. The number of nitrogens with zero attached hydrogens (tertiary/aromatic N) is 1. The lowest BCUT2D eigenvalue weighted by Crippen LogP contribution is -2.05. The normalized spacial score (nSPS) is 10.9. The maximum Gasteiger partial charge on any atom is 0.337 e. The zero-order valence-corrected chi connectivity index (χ0v) is 15.0. The molecule has 2 aromatic rings. The first-order chi connectivity index (χ1) is 12.3. The standard InChI is InChI=1S/C22H27NO2/c1-2-3-4-5-7-13-20-16-17-21(23-18-20)25-22(24)15-10-14-19-11-8-6-9-12-19/h6,8-12,15-18H,2-5,7,13-14H2,1H3. The van der Waals surface area contributed by atoms with Crippen molar-refractivity contribution < 1.29 is 9.53 Å². The molecule has 0 N–H and O–H groups in total. The van der Waals surface area contributed by atoms with Gasteiger partial charge in [-0.3, -0.25) is 0 Å². The highest BCUT2D eigenvalue weighted by molar-refractivity contribution is 5.83. The Morgan fingerprint density at radius 3 is 2.52 bits per heavy atom. The number of rotatable bonds is 10. The summed E-state index contributed by atoms with van der Waals surface area (Å²) in [4.78, 5) is 16.0. The Morgan fingerprint density at radius 1 is 1.00 bits per heavy atom. The van der Waals surface area contributed by atoms with Crippen molar-refractivity contribution in [1.82, 2.24) is 4.98 Å². The molecule has 0 fully saturated rings. The largest absolute Gasteiger partial charge is 0.404 e. The molecule has 0 bridgehead atoms. The number of carbonyl (C=O) groups is 1. The molecular formula is C22H27NO2. The Morgan fingerprint density at radius 2 is 1.80 bits per heavy atom. The molecule has 0 amide bonds. The summed E-state index contributed by atoms with van der Waals surface area (Å²) in [5.41, 5.74) is 2.35. The van der Waals surface area contributed by atoms with E-state index in [0.29, 0.717) is 12.3 Å². The minimum absolute atomic E-state index is 0.351. The van der Waals surface area contributed by atoms with Gasteiger partial charge in [0.1, 0.15) is 0 Å². The predicted octanol–water partition coefficient (Wildman–Crippen LogP) is 5.30. The summed E-state index contributed by atoms with van der Waals surface area (Å²) in [5, 5.41) is 0. The Balaban J connectivity index is 1.71. The van der Waals surface area contributed by atoms with Gasteiger partial charge in [-0.25, -0.2) is 9.78 Å². The molecule has 0 aliphatic carbocycles. The van der Waals surface area contributed by atoms with E-state index in [1.807, 2.05) is 42.5 Å². The van der Waals surface area contributed by atoms with E-state index in [0.717, 1.165) is 12.0 Å². The molecule has 132 valence electrons. The summed E-state index contributed by atoms with van der Waals surface area (Å²) in [5.74, 6) is -0.0418. The third kappa shape index (κ3) is 7.79. The molecule has 0 saturated heterocycles. The second-order valence-electron chi connectivity index (χ2n) is 6.18. The Labute approximate surface area is 150 Å². The molecule has 0 unspecified atom stereocenters. The smallest absolute Gasteiger partial charge is 0.337 e. The summed E-state index contributed by atoms with van der Waals surface area (Å²) in [6, 6.07) is 13.7. The summed E-state index contributed by atoms with van der Waals surface area (Å²) >= 11 is 0. The van der Waals surface area contributed by atoms with Gasteiger partial charge in [-0.15, -0.1) is 0 Å². The third-order valence-electron chi connectivity index (χ3n) is 4.02. The molecule has 1 heterocycles. The molecule has 25 heavy (non-hydrogen) atoms. The zero-order chi connectivity index (χ0) is 17.7. The number of unbranched alkanes of at least 4 members (excludes halogenated alkanes) is 4. The molecule has 2 rings (SSSR count). The molecule has 0 spiro atoms. The monoisotopic (exact) mass is 337 g/mol. The highest BCUT2D eigenvalue weighted by Gasteiger charge is 2.02. The summed E-state index contributed by atoms with van der Waals surface area (Å²) in [7, 11) is 0. The Kier molecular flexibility index (Phi) is 8.46. The summed E-state index contributed by atoms with van der Waals surface area (Å²) in [6.07, 6.45) is 13.1. The van der Waals surface area contributed by atoms with Gasteiger partial charge in [-0.1, -0.05) is 75.1 Å². The first kappa shape index (κ1) is 18.9. The Hall–Kier alpha value is -2.42. The average Bonchev–Trinajstić information content (AvgIpc) is 2.64. The molecule has 0 atom stereocenters. The highest BCUT2D eigenvalue weighted by atomic mass is 16.5. The quantitative estimate of drug-likeness (QED) is 0.335. The maximum absolute atomic E-state index is 11.8. The van der Waals surface area contributed by atoms with Crippen LogP contribution in [0, 0.1) is 0 Å². The maximum atomic E-state index is 11.8. The van der Waals surface area contributed by atoms with Crippen LogP contribution in [-0.2, 0) is 17.6 Å². The van der Waals surface area contributed by atoms with Crippen LogP contribution in [-0.4, -0.2) is 11.0 Å². The second-order valence-corrected chi connectivity index (χ2v) is 6.18. The van der Waals surface area contributed by atoms with Crippen LogP contribution in [0.1, 0.15) is 50.2 Å². The number of aromatic nitrogens is 1. The topological polar surface area (TPSA) is 39.2 Å². The molecule has 0 aliphatic heterocycles. The first-order valence-corrected chi connectivity index (χ1v) is 9.15. The third-order valence-corrected chi connectivity index (χ3v) is 4.02. The number of allylic oxidation sites excluding steroid dienone is 1. The molecular weight excluding hydrogens is 310 g/mol. The van der Waals surface area contributed by atoms with Gasteiger partial charge in [0.05, 0.1) is 0 Å². The van der Waals surface area contributed by atoms with Gasteiger partial charge in [0.25, 0.3) is 0 Å². The van der Waals surface area contributed by atoms with E-state index in [4.69, 9.17) is 4.74 Å². The van der Waals surface area contributed by atoms with Crippen LogP contribution >= 0.6 is 0 Å². The van der Waals surface area contributed by atoms with Gasteiger partial charge < -0.3 is 4.74 Å². The van der Waals surface area contributed by atoms with E-state index < -0.39 is 5.97 Å². The van der Waals surface area contributed by atoms with Gasteiger partial charge in [0.15, 0.2) is 0 Å². The molecule has 3 nitrogen and oxygen atoms in total. The van der Waals surface area contributed by atoms with Crippen molar-refractivity contribution in [2.45, 2.75) is 51.9 Å². The van der Waals surface area contributed by atoms with Crippen molar-refractivity contribution in [1.29, 1.82) is 0 Å². The van der Waals surface area contributed by atoms with Crippen LogP contribution < -0.4 is 4.74 Å². The number of hydrogen-bond acceptors (Lipinski definition) is 3. The average molecular weight is 337 g/mol. The van der Waals surface area contributed by atoms with Crippen molar-refractivity contribution in [3.63, 3.8) is 0 Å². The predicted molar refractivity (Wildman–Crippen MR) is 102 cm³/mol. The number of pyridine rings is 1. The minimum atomic E-state index is -0.393. The fraction of sp³-hybridized carbons (Fsp3) is 0.364. The number of aryl methyl sites for hydroxylation is 1. The van der Waals surface area contributed by atoms with Gasteiger partial charge in [0, 0.05) is 18.3 Å². The van der Waals surface area contributed by atoms with E-state index in [-0.39, 0.29) is 0 Å². The van der Waals surface area contributed by atoms with Gasteiger partial charge >= 0.3 is 5.97 Å². The van der Waals surface area contributed by atoms with Crippen LogP contribution in [0.4, 0.5) is 0 Å². The minimum Gasteiger partial charge on any atom is -0.404 e. The molecule has 0 saturated carbocycles. The number of carbonyl (C=O) groups excluding carboxylic acids is 1. The van der Waals surface area contributed by atoms with E-state index in [9.17, 15) is 4.79 Å². The SMILES string of the molecule is CCCCCCCc1ccc(OC(=O)C=CCc2ccccc2)nc1.